The van der Waals surface area contributed by atoms with Gasteiger partial charge in [0.15, 0.2) is 8.46 Å². The maximum Gasteiger partial charge on any atom is 0.192 e. The molecule has 0 fully saturated rings. The Bertz CT molecular complexity index is 622. The van der Waals surface area contributed by atoms with E-state index in [2.05, 4.69) is 0 Å². The summed E-state index contributed by atoms with van der Waals surface area (Å²) in [7, 11) is -0.0189. The molecule has 0 aromatic heterocycles. The van der Waals surface area contributed by atoms with E-state index in [0.29, 0.717) is 0 Å². The van der Waals surface area contributed by atoms with E-state index in [1.54, 1.807) is 0 Å². The zero-order chi connectivity index (χ0) is 16.1. The molecule has 3 nitrogen and oxygen atoms in total. The van der Waals surface area contributed by atoms with Crippen LogP contribution in [0.1, 0.15) is 27.7 Å². The van der Waals surface area contributed by atoms with E-state index in [4.69, 9.17) is 9.47 Å². The standard InChI is InChI=1S/C18H21O3P/c1-12(2)20-15-9-7-10-16(21-13(3)4)18(15)14-8-5-6-11-17(14)22-19/h5-13H,1-4H3. The van der Waals surface area contributed by atoms with Crippen molar-refractivity contribution in [2.45, 2.75) is 39.9 Å². The summed E-state index contributed by atoms with van der Waals surface area (Å²) >= 11 is 0. The average Bonchev–Trinajstić information content (AvgIpc) is 2.46. The van der Waals surface area contributed by atoms with Gasteiger partial charge in [-0.3, -0.25) is 4.57 Å². The molecule has 0 saturated carbocycles. The van der Waals surface area contributed by atoms with E-state index in [1.807, 2.05) is 70.2 Å². The molecule has 2 rings (SSSR count). The molecule has 0 atom stereocenters. The van der Waals surface area contributed by atoms with E-state index >= 15 is 0 Å². The molecule has 0 aliphatic carbocycles. The molecule has 0 heterocycles. The van der Waals surface area contributed by atoms with Crippen molar-refractivity contribution in [2.24, 2.45) is 0 Å². The first kappa shape index (κ1) is 16.5. The normalized spacial score (nSPS) is 11.2. The molecule has 0 unspecified atom stereocenters. The largest absolute Gasteiger partial charge is 0.490 e. The fraction of sp³-hybridized carbons (Fsp3) is 0.333. The summed E-state index contributed by atoms with van der Waals surface area (Å²) in [5, 5.41) is 0.718. The molecule has 4 heteroatoms. The van der Waals surface area contributed by atoms with Crippen LogP contribution in [0.15, 0.2) is 42.5 Å². The van der Waals surface area contributed by atoms with Crippen LogP contribution in [0.3, 0.4) is 0 Å². The van der Waals surface area contributed by atoms with Crippen molar-refractivity contribution in [3.05, 3.63) is 42.5 Å². The summed E-state index contributed by atoms with van der Waals surface area (Å²) in [5.74, 6) is 1.48. The monoisotopic (exact) mass is 316 g/mol. The summed E-state index contributed by atoms with van der Waals surface area (Å²) in [4.78, 5) is 0. The second-order valence-corrected chi connectivity index (χ2v) is 6.24. The first-order valence-electron chi connectivity index (χ1n) is 7.42. The van der Waals surface area contributed by atoms with Crippen molar-refractivity contribution in [3.63, 3.8) is 0 Å². The molecule has 0 spiro atoms. The summed E-state index contributed by atoms with van der Waals surface area (Å²) < 4.78 is 23.4. The number of ether oxygens (including phenoxy) is 2. The van der Waals surface area contributed by atoms with Gasteiger partial charge in [0, 0.05) is 5.56 Å². The van der Waals surface area contributed by atoms with E-state index in [9.17, 15) is 4.57 Å². The van der Waals surface area contributed by atoms with Crippen molar-refractivity contribution in [3.8, 4) is 22.6 Å². The van der Waals surface area contributed by atoms with Crippen LogP contribution in [0.2, 0.25) is 0 Å². The molecule has 22 heavy (non-hydrogen) atoms. The molecule has 0 saturated heterocycles. The lowest BCUT2D eigenvalue weighted by molar-refractivity contribution is 0.231. The van der Waals surface area contributed by atoms with Gasteiger partial charge in [0.05, 0.1) is 23.1 Å². The molecule has 0 amide bonds. The predicted molar refractivity (Wildman–Crippen MR) is 90.6 cm³/mol. The van der Waals surface area contributed by atoms with Crippen LogP contribution in [-0.2, 0) is 4.57 Å². The Balaban J connectivity index is 2.65. The molecule has 0 N–H and O–H groups in total. The van der Waals surface area contributed by atoms with Gasteiger partial charge in [0.2, 0.25) is 0 Å². The Hall–Kier alpha value is -1.86. The summed E-state index contributed by atoms with van der Waals surface area (Å²) in [6.07, 6.45) is 0.0926. The Kier molecular flexibility index (Phi) is 5.57. The topological polar surface area (TPSA) is 35.5 Å². The fourth-order valence-electron chi connectivity index (χ4n) is 2.25. The molecule has 0 aliphatic heterocycles. The Morgan fingerprint density at radius 1 is 0.818 bits per heavy atom. The van der Waals surface area contributed by atoms with Gasteiger partial charge in [-0.15, -0.1) is 0 Å². The second-order valence-electron chi connectivity index (χ2n) is 5.57. The smallest absolute Gasteiger partial charge is 0.192 e. The lowest BCUT2D eigenvalue weighted by Crippen LogP contribution is -2.11. The van der Waals surface area contributed by atoms with Crippen LogP contribution < -0.4 is 14.8 Å². The maximum absolute atomic E-state index is 11.5. The second kappa shape index (κ2) is 7.42. The van der Waals surface area contributed by atoms with Gasteiger partial charge in [0.1, 0.15) is 11.5 Å². The Labute approximate surface area is 133 Å². The van der Waals surface area contributed by atoms with Crippen LogP contribution in [-0.4, -0.2) is 12.2 Å². The van der Waals surface area contributed by atoms with Gasteiger partial charge in [-0.05, 0) is 45.9 Å². The van der Waals surface area contributed by atoms with Gasteiger partial charge in [-0.25, -0.2) is 0 Å². The molecule has 0 radical (unpaired) electrons. The molecule has 2 aromatic rings. The summed E-state index contributed by atoms with van der Waals surface area (Å²) in [6.45, 7) is 7.93. The zero-order valence-corrected chi connectivity index (χ0v) is 14.3. The van der Waals surface area contributed by atoms with Gasteiger partial charge < -0.3 is 9.47 Å². The number of hydrogen-bond donors (Lipinski definition) is 0. The van der Waals surface area contributed by atoms with Gasteiger partial charge in [-0.2, -0.15) is 0 Å². The minimum absolute atomic E-state index is 0.0189. The maximum atomic E-state index is 11.5. The van der Waals surface area contributed by atoms with E-state index in [-0.39, 0.29) is 20.7 Å². The van der Waals surface area contributed by atoms with Gasteiger partial charge >= 0.3 is 0 Å². The lowest BCUT2D eigenvalue weighted by atomic mass is 10.0. The predicted octanol–water partition coefficient (Wildman–Crippen LogP) is 4.85. The first-order chi connectivity index (χ1) is 10.5. The average molecular weight is 316 g/mol. The van der Waals surface area contributed by atoms with Gasteiger partial charge in [-0.1, -0.05) is 24.3 Å². The molecule has 0 aliphatic rings. The number of rotatable bonds is 6. The summed E-state index contributed by atoms with van der Waals surface area (Å²) in [6, 6.07) is 13.3. The molecular formula is C18H21O3P. The van der Waals surface area contributed by atoms with Crippen molar-refractivity contribution < 1.29 is 14.0 Å². The van der Waals surface area contributed by atoms with E-state index in [1.165, 1.54) is 0 Å². The van der Waals surface area contributed by atoms with Crippen molar-refractivity contribution in [2.75, 3.05) is 0 Å². The SMILES string of the molecule is CC(C)Oc1cccc(OC(C)C)c1-c1ccccc1P=O. The van der Waals surface area contributed by atoms with Crippen molar-refractivity contribution in [1.82, 2.24) is 0 Å². The van der Waals surface area contributed by atoms with E-state index < -0.39 is 0 Å². The quantitative estimate of drug-likeness (QED) is 0.715. The molecular weight excluding hydrogens is 295 g/mol. The zero-order valence-electron chi connectivity index (χ0n) is 13.4. The van der Waals surface area contributed by atoms with Crippen molar-refractivity contribution in [1.29, 1.82) is 0 Å². The lowest BCUT2D eigenvalue weighted by Gasteiger charge is -2.20. The van der Waals surface area contributed by atoms with Crippen LogP contribution in [0.4, 0.5) is 0 Å². The van der Waals surface area contributed by atoms with Crippen LogP contribution >= 0.6 is 8.46 Å². The third kappa shape index (κ3) is 3.86. The number of benzene rings is 2. The Morgan fingerprint density at radius 2 is 1.36 bits per heavy atom. The highest BCUT2D eigenvalue weighted by atomic mass is 31.1. The molecule has 116 valence electrons. The summed E-state index contributed by atoms with van der Waals surface area (Å²) in [5.41, 5.74) is 1.72. The number of hydrogen-bond acceptors (Lipinski definition) is 3. The van der Waals surface area contributed by atoms with E-state index in [0.717, 1.165) is 27.9 Å². The minimum atomic E-state index is -0.0189. The highest BCUT2D eigenvalue weighted by Crippen LogP contribution is 2.39. The third-order valence-electron chi connectivity index (χ3n) is 2.99. The van der Waals surface area contributed by atoms with Crippen LogP contribution in [0.25, 0.3) is 11.1 Å². The highest BCUT2D eigenvalue weighted by molar-refractivity contribution is 7.34. The third-order valence-corrected chi connectivity index (χ3v) is 3.57. The first-order valence-corrected chi connectivity index (χ1v) is 8.23. The molecule has 2 aromatic carbocycles. The fourth-order valence-corrected chi connectivity index (χ4v) is 2.68. The van der Waals surface area contributed by atoms with Gasteiger partial charge in [0.25, 0.3) is 0 Å². The highest BCUT2D eigenvalue weighted by Gasteiger charge is 2.18. The van der Waals surface area contributed by atoms with Crippen LogP contribution in [0.5, 0.6) is 11.5 Å². The van der Waals surface area contributed by atoms with Crippen LogP contribution in [0, 0.1) is 0 Å². The van der Waals surface area contributed by atoms with Crippen molar-refractivity contribution >= 4 is 13.8 Å². The Morgan fingerprint density at radius 3 is 1.86 bits per heavy atom. The minimum Gasteiger partial charge on any atom is -0.490 e. The molecule has 0 bridgehead atoms.